The SMILES string of the molecule is Cn1c(-c2ccccc2)cn(C[NH+]2CCN(c3cc[nH+]cc3)CC2)c1=S. The fraction of sp³-hybridized carbons (Fsp3) is 0.300. The molecule has 6 heteroatoms. The zero-order chi connectivity index (χ0) is 17.9. The summed E-state index contributed by atoms with van der Waals surface area (Å²) in [7, 11) is 2.06. The largest absolute Gasteiger partial charge is 0.360 e. The van der Waals surface area contributed by atoms with Gasteiger partial charge in [-0.1, -0.05) is 30.3 Å². The topological polar surface area (TPSA) is 31.7 Å². The van der Waals surface area contributed by atoms with E-state index in [0.29, 0.717) is 0 Å². The van der Waals surface area contributed by atoms with E-state index in [1.54, 1.807) is 4.90 Å². The summed E-state index contributed by atoms with van der Waals surface area (Å²) in [6.45, 7) is 5.32. The fourth-order valence-corrected chi connectivity index (χ4v) is 3.86. The minimum Gasteiger partial charge on any atom is -0.360 e. The van der Waals surface area contributed by atoms with Crippen LogP contribution in [0.5, 0.6) is 0 Å². The van der Waals surface area contributed by atoms with Crippen molar-refractivity contribution in [1.82, 2.24) is 9.13 Å². The Morgan fingerprint density at radius 3 is 2.42 bits per heavy atom. The van der Waals surface area contributed by atoms with Crippen molar-refractivity contribution in [3.05, 3.63) is 65.8 Å². The summed E-state index contributed by atoms with van der Waals surface area (Å²) in [6, 6.07) is 14.7. The third-order valence-electron chi connectivity index (χ3n) is 5.17. The molecular weight excluding hydrogens is 342 g/mol. The number of benzene rings is 1. The highest BCUT2D eigenvalue weighted by Crippen LogP contribution is 2.19. The Balaban J connectivity index is 1.45. The fourth-order valence-electron chi connectivity index (χ4n) is 3.64. The van der Waals surface area contributed by atoms with Gasteiger partial charge in [0.2, 0.25) is 0 Å². The first-order valence-corrected chi connectivity index (χ1v) is 9.49. The molecule has 2 N–H and O–H groups in total. The number of piperazine rings is 1. The Bertz CT molecular complexity index is 908. The van der Waals surface area contributed by atoms with Crippen molar-refractivity contribution in [2.45, 2.75) is 6.67 Å². The molecule has 0 radical (unpaired) electrons. The van der Waals surface area contributed by atoms with Crippen LogP contribution in [0.15, 0.2) is 61.1 Å². The molecule has 0 saturated carbocycles. The molecule has 1 aliphatic heterocycles. The van der Waals surface area contributed by atoms with E-state index >= 15 is 0 Å². The third-order valence-corrected chi connectivity index (χ3v) is 5.68. The van der Waals surface area contributed by atoms with Crippen LogP contribution in [0, 0.1) is 4.77 Å². The number of quaternary nitrogens is 1. The molecule has 0 atom stereocenters. The minimum absolute atomic E-state index is 0.886. The number of nitrogens with one attached hydrogen (secondary N) is 2. The predicted octanol–water partition coefficient (Wildman–Crippen LogP) is 1.40. The highest BCUT2D eigenvalue weighted by atomic mass is 32.1. The van der Waals surface area contributed by atoms with Crippen LogP contribution in [0.4, 0.5) is 5.69 Å². The van der Waals surface area contributed by atoms with Crippen LogP contribution in [-0.4, -0.2) is 35.3 Å². The molecule has 2 aromatic heterocycles. The van der Waals surface area contributed by atoms with Crippen LogP contribution in [0.1, 0.15) is 0 Å². The first-order valence-electron chi connectivity index (χ1n) is 9.08. The summed E-state index contributed by atoms with van der Waals surface area (Å²) >= 11 is 5.68. The maximum Gasteiger partial charge on any atom is 0.184 e. The lowest BCUT2D eigenvalue weighted by Gasteiger charge is -2.33. The first-order chi connectivity index (χ1) is 12.7. The average Bonchev–Trinajstić information content (AvgIpc) is 2.98. The number of anilines is 1. The van der Waals surface area contributed by atoms with Crippen molar-refractivity contribution in [2.24, 2.45) is 7.05 Å². The van der Waals surface area contributed by atoms with E-state index in [1.165, 1.54) is 16.9 Å². The second kappa shape index (κ2) is 7.43. The monoisotopic (exact) mass is 367 g/mol. The zero-order valence-corrected chi connectivity index (χ0v) is 15.9. The van der Waals surface area contributed by atoms with Gasteiger partial charge in [-0.05, 0) is 17.8 Å². The van der Waals surface area contributed by atoms with Crippen LogP contribution < -0.4 is 14.8 Å². The summed E-state index contributed by atoms with van der Waals surface area (Å²) in [5.74, 6) is 0. The quantitative estimate of drug-likeness (QED) is 0.707. The summed E-state index contributed by atoms with van der Waals surface area (Å²) in [5, 5.41) is 0. The summed E-state index contributed by atoms with van der Waals surface area (Å²) in [5.41, 5.74) is 3.68. The Kier molecular flexibility index (Phi) is 4.86. The molecule has 0 aliphatic carbocycles. The summed E-state index contributed by atoms with van der Waals surface area (Å²) in [4.78, 5) is 7.12. The van der Waals surface area contributed by atoms with Gasteiger partial charge in [0.25, 0.3) is 0 Å². The molecular formula is C20H25N5S+2. The lowest BCUT2D eigenvalue weighted by Crippen LogP contribution is -3.14. The van der Waals surface area contributed by atoms with E-state index in [-0.39, 0.29) is 0 Å². The number of rotatable bonds is 4. The van der Waals surface area contributed by atoms with Gasteiger partial charge in [-0.3, -0.25) is 4.57 Å². The van der Waals surface area contributed by atoms with E-state index in [4.69, 9.17) is 12.2 Å². The zero-order valence-electron chi connectivity index (χ0n) is 15.1. The molecule has 1 fully saturated rings. The van der Waals surface area contributed by atoms with E-state index < -0.39 is 0 Å². The van der Waals surface area contributed by atoms with Gasteiger partial charge in [0.05, 0.1) is 31.9 Å². The van der Waals surface area contributed by atoms with E-state index in [9.17, 15) is 0 Å². The molecule has 134 valence electrons. The maximum absolute atomic E-state index is 5.68. The van der Waals surface area contributed by atoms with Gasteiger partial charge in [-0.25, -0.2) is 4.98 Å². The Morgan fingerprint density at radius 1 is 1.04 bits per heavy atom. The number of hydrogen-bond acceptors (Lipinski definition) is 2. The second-order valence-corrected chi connectivity index (χ2v) is 7.21. The molecule has 1 aliphatic rings. The van der Waals surface area contributed by atoms with Crippen molar-refractivity contribution in [3.8, 4) is 11.3 Å². The molecule has 26 heavy (non-hydrogen) atoms. The highest BCUT2D eigenvalue weighted by Gasteiger charge is 2.21. The van der Waals surface area contributed by atoms with Crippen LogP contribution in [-0.2, 0) is 13.7 Å². The van der Waals surface area contributed by atoms with Gasteiger partial charge in [-0.2, -0.15) is 0 Å². The molecule has 3 heterocycles. The second-order valence-electron chi connectivity index (χ2n) is 6.85. The van der Waals surface area contributed by atoms with Crippen molar-refractivity contribution in [2.75, 3.05) is 31.1 Å². The van der Waals surface area contributed by atoms with Gasteiger partial charge in [0.15, 0.2) is 23.8 Å². The Hall–Kier alpha value is -2.44. The number of H-pyrrole nitrogens is 1. The van der Waals surface area contributed by atoms with Crippen molar-refractivity contribution in [3.63, 3.8) is 0 Å². The van der Waals surface area contributed by atoms with Gasteiger partial charge in [-0.15, -0.1) is 0 Å². The van der Waals surface area contributed by atoms with Gasteiger partial charge >= 0.3 is 0 Å². The van der Waals surface area contributed by atoms with Gasteiger partial charge < -0.3 is 14.4 Å². The van der Waals surface area contributed by atoms with Gasteiger partial charge in [0.1, 0.15) is 0 Å². The molecule has 0 spiro atoms. The van der Waals surface area contributed by atoms with Gasteiger partial charge in [0, 0.05) is 31.1 Å². The average molecular weight is 368 g/mol. The Morgan fingerprint density at radius 2 is 1.73 bits per heavy atom. The predicted molar refractivity (Wildman–Crippen MR) is 106 cm³/mol. The molecule has 0 amide bonds. The lowest BCUT2D eigenvalue weighted by atomic mass is 10.2. The third kappa shape index (κ3) is 3.43. The smallest absolute Gasteiger partial charge is 0.184 e. The van der Waals surface area contributed by atoms with E-state index in [2.05, 4.69) is 68.7 Å². The number of imidazole rings is 1. The number of aromatic amines is 1. The first kappa shape index (κ1) is 17.0. The standard InChI is InChI=1S/C20H23N5S/c1-22-19(17-5-3-2-4-6-17)15-25(20(22)26)16-23-11-13-24(14-12-23)18-7-9-21-10-8-18/h2-10,15H,11-14,16H2,1H3/p+2. The number of hydrogen-bond donors (Lipinski definition) is 1. The molecule has 3 aromatic rings. The number of pyridine rings is 1. The Labute approximate surface area is 159 Å². The number of aromatic nitrogens is 3. The lowest BCUT2D eigenvalue weighted by molar-refractivity contribution is -0.923. The van der Waals surface area contributed by atoms with Crippen molar-refractivity contribution < 1.29 is 9.88 Å². The van der Waals surface area contributed by atoms with Crippen molar-refractivity contribution in [1.29, 1.82) is 0 Å². The molecule has 0 bridgehead atoms. The van der Waals surface area contributed by atoms with Crippen LogP contribution in [0.3, 0.4) is 0 Å². The molecule has 1 aromatic carbocycles. The van der Waals surface area contributed by atoms with Crippen LogP contribution in [0.2, 0.25) is 0 Å². The molecule has 4 rings (SSSR count). The molecule has 0 unspecified atom stereocenters. The minimum atomic E-state index is 0.886. The maximum atomic E-state index is 5.68. The molecule has 5 nitrogen and oxygen atoms in total. The summed E-state index contributed by atoms with van der Waals surface area (Å²) in [6.07, 6.45) is 6.18. The van der Waals surface area contributed by atoms with Crippen molar-refractivity contribution >= 4 is 17.9 Å². The van der Waals surface area contributed by atoms with E-state index in [0.717, 1.165) is 37.6 Å². The van der Waals surface area contributed by atoms with E-state index in [1.807, 2.05) is 18.5 Å². The normalized spacial score (nSPS) is 15.3. The highest BCUT2D eigenvalue weighted by molar-refractivity contribution is 7.71. The number of nitrogens with zero attached hydrogens (tertiary/aromatic N) is 3. The van der Waals surface area contributed by atoms with Crippen LogP contribution in [0.25, 0.3) is 11.3 Å². The van der Waals surface area contributed by atoms with Crippen LogP contribution >= 0.6 is 12.2 Å². The molecule has 1 saturated heterocycles. The summed E-state index contributed by atoms with van der Waals surface area (Å²) < 4.78 is 5.22.